The second-order valence-corrected chi connectivity index (χ2v) is 6.33. The van der Waals surface area contributed by atoms with Crippen molar-refractivity contribution >= 4 is 0 Å². The van der Waals surface area contributed by atoms with Crippen molar-refractivity contribution < 1.29 is 19.7 Å². The monoisotopic (exact) mass is 345 g/mol. The van der Waals surface area contributed by atoms with Gasteiger partial charge in [0.2, 0.25) is 0 Å². The highest BCUT2D eigenvalue weighted by Gasteiger charge is 2.09. The lowest BCUT2D eigenvalue weighted by Crippen LogP contribution is -2.33. The van der Waals surface area contributed by atoms with Crippen LogP contribution in [0.2, 0.25) is 0 Å². The van der Waals surface area contributed by atoms with Crippen LogP contribution in [0.4, 0.5) is 0 Å². The van der Waals surface area contributed by atoms with E-state index < -0.39 is 0 Å². The first-order valence-corrected chi connectivity index (χ1v) is 8.43. The lowest BCUT2D eigenvalue weighted by Gasteiger charge is -2.18. The number of methoxy groups -OCH3 is 1. The summed E-state index contributed by atoms with van der Waals surface area (Å²) in [5.41, 5.74) is 2.96. The van der Waals surface area contributed by atoms with Crippen LogP contribution in [0.1, 0.15) is 23.6 Å². The summed E-state index contributed by atoms with van der Waals surface area (Å²) >= 11 is 0. The standard InChI is InChI=1S/C20H27NO4/c1-13-9-17(22)10-14(2)20(13)25-12-15(3)21-8-7-16-5-6-18(23)19(11-16)24-4/h5-6,9-11,15,21-23H,7-8,12H2,1-4H3. The topological polar surface area (TPSA) is 71.0 Å². The highest BCUT2D eigenvalue weighted by Crippen LogP contribution is 2.28. The Balaban J connectivity index is 1.80. The van der Waals surface area contributed by atoms with Crippen molar-refractivity contribution in [3.63, 3.8) is 0 Å². The van der Waals surface area contributed by atoms with Gasteiger partial charge >= 0.3 is 0 Å². The van der Waals surface area contributed by atoms with E-state index in [1.807, 2.05) is 26.0 Å². The fraction of sp³-hybridized carbons (Fsp3) is 0.400. The minimum atomic E-state index is 0.153. The lowest BCUT2D eigenvalue weighted by molar-refractivity contribution is 0.270. The fourth-order valence-corrected chi connectivity index (χ4v) is 2.76. The van der Waals surface area contributed by atoms with Gasteiger partial charge in [-0.15, -0.1) is 0 Å². The van der Waals surface area contributed by atoms with Crippen LogP contribution in [0.5, 0.6) is 23.0 Å². The van der Waals surface area contributed by atoms with Gasteiger partial charge in [-0.1, -0.05) is 6.07 Å². The molecule has 0 aliphatic rings. The largest absolute Gasteiger partial charge is 0.508 e. The van der Waals surface area contributed by atoms with Crippen molar-refractivity contribution in [1.29, 1.82) is 0 Å². The van der Waals surface area contributed by atoms with Crippen LogP contribution in [0, 0.1) is 13.8 Å². The Bertz CT molecular complexity index is 692. The number of rotatable bonds is 8. The van der Waals surface area contributed by atoms with Crippen molar-refractivity contribution in [3.05, 3.63) is 47.0 Å². The third-order valence-electron chi connectivity index (χ3n) is 4.07. The number of phenols is 2. The van der Waals surface area contributed by atoms with Gasteiger partial charge in [0.05, 0.1) is 7.11 Å². The smallest absolute Gasteiger partial charge is 0.160 e. The van der Waals surface area contributed by atoms with Crippen molar-refractivity contribution in [2.75, 3.05) is 20.3 Å². The number of hydrogen-bond acceptors (Lipinski definition) is 5. The van der Waals surface area contributed by atoms with E-state index in [1.54, 1.807) is 25.3 Å². The molecule has 0 aromatic heterocycles. The molecule has 2 aromatic carbocycles. The van der Waals surface area contributed by atoms with Crippen molar-refractivity contribution in [3.8, 4) is 23.0 Å². The van der Waals surface area contributed by atoms with Crippen molar-refractivity contribution in [1.82, 2.24) is 5.32 Å². The Labute approximate surface area is 149 Å². The van der Waals surface area contributed by atoms with Gasteiger partial charge in [0.15, 0.2) is 11.5 Å². The van der Waals surface area contributed by atoms with Crippen LogP contribution in [0.25, 0.3) is 0 Å². The number of aromatic hydroxyl groups is 2. The van der Waals surface area contributed by atoms with Gasteiger partial charge in [-0.25, -0.2) is 0 Å². The van der Waals surface area contributed by atoms with Gasteiger partial charge in [-0.2, -0.15) is 0 Å². The number of phenolic OH excluding ortho intramolecular Hbond substituents is 2. The average molecular weight is 345 g/mol. The summed E-state index contributed by atoms with van der Waals surface area (Å²) in [6, 6.07) is 8.99. The number of aryl methyl sites for hydroxylation is 2. The molecule has 0 aliphatic carbocycles. The molecule has 0 radical (unpaired) electrons. The molecule has 2 aromatic rings. The number of hydrogen-bond donors (Lipinski definition) is 3. The molecule has 1 unspecified atom stereocenters. The van der Waals surface area contributed by atoms with E-state index >= 15 is 0 Å². The van der Waals surface area contributed by atoms with Gasteiger partial charge in [0.25, 0.3) is 0 Å². The molecule has 0 fully saturated rings. The molecule has 136 valence electrons. The molecule has 3 N–H and O–H groups in total. The van der Waals surface area contributed by atoms with Gasteiger partial charge in [-0.3, -0.25) is 0 Å². The summed E-state index contributed by atoms with van der Waals surface area (Å²) < 4.78 is 11.0. The Morgan fingerprint density at radius 1 is 1.08 bits per heavy atom. The first kappa shape index (κ1) is 18.9. The highest BCUT2D eigenvalue weighted by atomic mass is 16.5. The summed E-state index contributed by atoms with van der Waals surface area (Å²) in [6.45, 7) is 7.27. The zero-order chi connectivity index (χ0) is 18.4. The Morgan fingerprint density at radius 2 is 1.76 bits per heavy atom. The quantitative estimate of drug-likeness (QED) is 0.685. The van der Waals surface area contributed by atoms with E-state index in [2.05, 4.69) is 12.2 Å². The Hall–Kier alpha value is -2.40. The van der Waals surface area contributed by atoms with Gasteiger partial charge < -0.3 is 25.0 Å². The average Bonchev–Trinajstić information content (AvgIpc) is 2.55. The summed E-state index contributed by atoms with van der Waals surface area (Å²) in [5, 5.41) is 22.6. The summed E-state index contributed by atoms with van der Waals surface area (Å²) in [5.74, 6) is 1.74. The van der Waals surface area contributed by atoms with Crippen LogP contribution in [-0.4, -0.2) is 36.5 Å². The van der Waals surface area contributed by atoms with E-state index in [0.29, 0.717) is 12.4 Å². The first-order chi connectivity index (χ1) is 11.9. The van der Waals surface area contributed by atoms with E-state index in [4.69, 9.17) is 9.47 Å². The molecule has 0 spiro atoms. The third-order valence-corrected chi connectivity index (χ3v) is 4.07. The number of ether oxygens (including phenoxy) is 2. The molecule has 0 saturated carbocycles. The highest BCUT2D eigenvalue weighted by molar-refractivity contribution is 5.45. The normalized spacial score (nSPS) is 12.0. The van der Waals surface area contributed by atoms with Gasteiger partial charge in [-0.05, 0) is 74.7 Å². The maximum Gasteiger partial charge on any atom is 0.160 e. The zero-order valence-corrected chi connectivity index (χ0v) is 15.3. The van der Waals surface area contributed by atoms with Crippen molar-refractivity contribution in [2.24, 2.45) is 0 Å². The molecular formula is C20H27NO4. The zero-order valence-electron chi connectivity index (χ0n) is 15.3. The molecule has 5 heteroatoms. The SMILES string of the molecule is COc1cc(CCNC(C)COc2c(C)cc(O)cc2C)ccc1O. The van der Waals surface area contributed by atoms with Gasteiger partial charge in [0, 0.05) is 6.04 Å². The molecule has 0 saturated heterocycles. The fourth-order valence-electron chi connectivity index (χ4n) is 2.76. The van der Waals surface area contributed by atoms with Crippen LogP contribution < -0.4 is 14.8 Å². The van der Waals surface area contributed by atoms with E-state index in [1.165, 1.54) is 0 Å². The molecule has 0 bridgehead atoms. The Morgan fingerprint density at radius 3 is 2.40 bits per heavy atom. The van der Waals surface area contributed by atoms with Crippen LogP contribution in [0.3, 0.4) is 0 Å². The molecule has 0 amide bonds. The molecule has 1 atom stereocenters. The molecule has 2 rings (SSSR count). The second-order valence-electron chi connectivity index (χ2n) is 6.33. The van der Waals surface area contributed by atoms with E-state index in [9.17, 15) is 10.2 Å². The second kappa shape index (κ2) is 8.62. The number of benzene rings is 2. The first-order valence-electron chi connectivity index (χ1n) is 8.43. The van der Waals surface area contributed by atoms with Crippen LogP contribution in [-0.2, 0) is 6.42 Å². The van der Waals surface area contributed by atoms with E-state index in [0.717, 1.165) is 35.4 Å². The predicted molar refractivity (Wildman–Crippen MR) is 98.9 cm³/mol. The predicted octanol–water partition coefficient (Wildman–Crippen LogP) is 3.32. The lowest BCUT2D eigenvalue weighted by atomic mass is 10.1. The number of nitrogens with one attached hydrogen (secondary N) is 1. The van der Waals surface area contributed by atoms with Crippen LogP contribution in [0.15, 0.2) is 30.3 Å². The minimum absolute atomic E-state index is 0.153. The summed E-state index contributed by atoms with van der Waals surface area (Å²) in [4.78, 5) is 0. The van der Waals surface area contributed by atoms with Crippen LogP contribution >= 0.6 is 0 Å². The maximum atomic E-state index is 9.62. The third kappa shape index (κ3) is 5.29. The molecule has 25 heavy (non-hydrogen) atoms. The van der Waals surface area contributed by atoms with Crippen molar-refractivity contribution in [2.45, 2.75) is 33.2 Å². The van der Waals surface area contributed by atoms with Gasteiger partial charge in [0.1, 0.15) is 18.1 Å². The molecule has 0 aliphatic heterocycles. The Kier molecular flexibility index (Phi) is 6.53. The summed E-state index contributed by atoms with van der Waals surface area (Å²) in [7, 11) is 1.55. The molecule has 5 nitrogen and oxygen atoms in total. The van der Waals surface area contributed by atoms with E-state index in [-0.39, 0.29) is 17.5 Å². The summed E-state index contributed by atoms with van der Waals surface area (Å²) in [6.07, 6.45) is 0.832. The minimum Gasteiger partial charge on any atom is -0.508 e. The molecular weight excluding hydrogens is 318 g/mol. The molecule has 0 heterocycles. The maximum absolute atomic E-state index is 9.62.